The van der Waals surface area contributed by atoms with Crippen LogP contribution in [0.4, 0.5) is 0 Å². The molecular weight excluding hydrogens is 262 g/mol. The number of nitrogens with zero attached hydrogens (tertiary/aromatic N) is 3. The van der Waals surface area contributed by atoms with E-state index in [1.54, 1.807) is 11.9 Å². The Balaban J connectivity index is 2.14. The number of carboxylic acid groups (broad SMARTS) is 1. The summed E-state index contributed by atoms with van der Waals surface area (Å²) in [5.74, 6) is -1.56. The summed E-state index contributed by atoms with van der Waals surface area (Å²) < 4.78 is 0. The highest BCUT2D eigenvalue weighted by Gasteiger charge is 2.24. The maximum Gasteiger partial charge on any atom is 0.337 e. The van der Waals surface area contributed by atoms with Crippen LogP contribution in [0.3, 0.4) is 0 Å². The van der Waals surface area contributed by atoms with Gasteiger partial charge in [-0.25, -0.2) is 4.79 Å². The molecule has 1 fully saturated rings. The Morgan fingerprint density at radius 1 is 1.30 bits per heavy atom. The monoisotopic (exact) mass is 277 g/mol. The summed E-state index contributed by atoms with van der Waals surface area (Å²) in [6, 6.07) is 2.69. The first-order chi connectivity index (χ1) is 9.49. The number of aromatic nitrogens is 1. The summed E-state index contributed by atoms with van der Waals surface area (Å²) in [7, 11) is 1.70. The van der Waals surface area contributed by atoms with Crippen molar-refractivity contribution < 1.29 is 19.5 Å². The zero-order valence-corrected chi connectivity index (χ0v) is 11.1. The smallest absolute Gasteiger partial charge is 0.337 e. The van der Waals surface area contributed by atoms with E-state index in [-0.39, 0.29) is 29.6 Å². The van der Waals surface area contributed by atoms with Crippen LogP contribution in [0, 0.1) is 0 Å². The summed E-state index contributed by atoms with van der Waals surface area (Å²) in [6.45, 7) is 1.13. The van der Waals surface area contributed by atoms with Gasteiger partial charge in [-0.1, -0.05) is 0 Å². The molecule has 0 spiro atoms. The van der Waals surface area contributed by atoms with Gasteiger partial charge in [0.15, 0.2) is 0 Å². The molecule has 0 aromatic carbocycles. The van der Waals surface area contributed by atoms with Crippen LogP contribution < -0.4 is 0 Å². The third-order valence-corrected chi connectivity index (χ3v) is 3.19. The van der Waals surface area contributed by atoms with E-state index in [1.165, 1.54) is 17.0 Å². The number of rotatable bonds is 2. The van der Waals surface area contributed by atoms with E-state index in [0.717, 1.165) is 6.20 Å². The molecule has 2 amide bonds. The second kappa shape index (κ2) is 5.68. The molecule has 0 bridgehead atoms. The molecule has 2 rings (SSSR count). The Labute approximate surface area is 115 Å². The molecule has 0 radical (unpaired) electrons. The Kier molecular flexibility index (Phi) is 3.97. The number of carbonyl (C=O) groups is 3. The molecule has 0 unspecified atom stereocenters. The van der Waals surface area contributed by atoms with Gasteiger partial charge in [0.25, 0.3) is 5.91 Å². The van der Waals surface area contributed by atoms with Gasteiger partial charge in [-0.2, -0.15) is 0 Å². The Morgan fingerprint density at radius 2 is 2.05 bits per heavy atom. The summed E-state index contributed by atoms with van der Waals surface area (Å²) in [5.41, 5.74) is 0.167. The highest BCUT2D eigenvalue weighted by Crippen LogP contribution is 2.08. The van der Waals surface area contributed by atoms with Crippen molar-refractivity contribution in [1.29, 1.82) is 0 Å². The SMILES string of the molecule is CN1CCCN(C(=O)c2ccc(C(=O)O)cn2)CC1=O. The molecule has 106 valence electrons. The minimum absolute atomic E-state index is 0.0215. The van der Waals surface area contributed by atoms with Gasteiger partial charge in [-0.15, -0.1) is 0 Å². The summed E-state index contributed by atoms with van der Waals surface area (Å²) in [6.07, 6.45) is 1.85. The van der Waals surface area contributed by atoms with Gasteiger partial charge >= 0.3 is 5.97 Å². The normalized spacial score (nSPS) is 15.9. The van der Waals surface area contributed by atoms with Gasteiger partial charge < -0.3 is 14.9 Å². The molecule has 1 aliphatic rings. The zero-order chi connectivity index (χ0) is 14.7. The van der Waals surface area contributed by atoms with Crippen molar-refractivity contribution in [2.75, 3.05) is 26.7 Å². The van der Waals surface area contributed by atoms with Gasteiger partial charge in [0, 0.05) is 26.3 Å². The van der Waals surface area contributed by atoms with E-state index in [4.69, 9.17) is 5.11 Å². The maximum absolute atomic E-state index is 12.2. The van der Waals surface area contributed by atoms with Crippen LogP contribution >= 0.6 is 0 Å². The number of hydrogen-bond acceptors (Lipinski definition) is 4. The Hall–Kier alpha value is -2.44. The third kappa shape index (κ3) is 2.93. The van der Waals surface area contributed by atoms with Crippen LogP contribution in [0.2, 0.25) is 0 Å². The lowest BCUT2D eigenvalue weighted by Gasteiger charge is -2.19. The number of carbonyl (C=O) groups excluding carboxylic acids is 2. The zero-order valence-electron chi connectivity index (χ0n) is 11.1. The van der Waals surface area contributed by atoms with Crippen LogP contribution in [0.1, 0.15) is 27.3 Å². The van der Waals surface area contributed by atoms with Crippen molar-refractivity contribution in [3.05, 3.63) is 29.6 Å². The fourth-order valence-electron chi connectivity index (χ4n) is 1.97. The molecule has 7 nitrogen and oxygen atoms in total. The average molecular weight is 277 g/mol. The van der Waals surface area contributed by atoms with Crippen LogP contribution in [-0.2, 0) is 4.79 Å². The van der Waals surface area contributed by atoms with Gasteiger partial charge in [0.05, 0.1) is 5.56 Å². The predicted octanol–water partition coefficient (Wildman–Crippen LogP) is 0.0841. The van der Waals surface area contributed by atoms with E-state index < -0.39 is 5.97 Å². The molecule has 2 heterocycles. The van der Waals surface area contributed by atoms with Crippen molar-refractivity contribution in [3.8, 4) is 0 Å². The number of likely N-dealkylation sites (N-methyl/N-ethyl adjacent to an activating group) is 1. The van der Waals surface area contributed by atoms with Crippen molar-refractivity contribution >= 4 is 17.8 Å². The fourth-order valence-corrected chi connectivity index (χ4v) is 1.97. The largest absolute Gasteiger partial charge is 0.478 e. The molecule has 1 aromatic rings. The number of carboxylic acids is 1. The van der Waals surface area contributed by atoms with E-state index in [0.29, 0.717) is 19.5 Å². The molecule has 1 aliphatic heterocycles. The maximum atomic E-state index is 12.2. The molecule has 0 aliphatic carbocycles. The van der Waals surface area contributed by atoms with E-state index in [1.807, 2.05) is 0 Å². The molecule has 20 heavy (non-hydrogen) atoms. The lowest BCUT2D eigenvalue weighted by atomic mass is 10.2. The summed E-state index contributed by atoms with van der Waals surface area (Å²) >= 11 is 0. The van der Waals surface area contributed by atoms with Gasteiger partial charge in [0.2, 0.25) is 5.91 Å². The first-order valence-electron chi connectivity index (χ1n) is 6.21. The second-order valence-corrected chi connectivity index (χ2v) is 4.63. The molecular formula is C13H15N3O4. The van der Waals surface area contributed by atoms with Crippen LogP contribution in [0.5, 0.6) is 0 Å². The Bertz CT molecular complexity index is 541. The fraction of sp³-hybridized carbons (Fsp3) is 0.385. The number of aromatic carboxylic acids is 1. The van der Waals surface area contributed by atoms with E-state index >= 15 is 0 Å². The first kappa shape index (κ1) is 14.0. The number of pyridine rings is 1. The van der Waals surface area contributed by atoms with Crippen molar-refractivity contribution in [1.82, 2.24) is 14.8 Å². The molecule has 1 aromatic heterocycles. The lowest BCUT2D eigenvalue weighted by molar-refractivity contribution is -0.129. The van der Waals surface area contributed by atoms with Gasteiger partial charge in [-0.3, -0.25) is 14.6 Å². The van der Waals surface area contributed by atoms with Crippen LogP contribution in [0.15, 0.2) is 18.3 Å². The predicted molar refractivity (Wildman–Crippen MR) is 69.4 cm³/mol. The quantitative estimate of drug-likeness (QED) is 0.827. The first-order valence-corrected chi connectivity index (χ1v) is 6.21. The lowest BCUT2D eigenvalue weighted by Crippen LogP contribution is -2.38. The number of hydrogen-bond donors (Lipinski definition) is 1. The topological polar surface area (TPSA) is 90.8 Å². The highest BCUT2D eigenvalue weighted by molar-refractivity contribution is 5.96. The minimum atomic E-state index is -1.09. The van der Waals surface area contributed by atoms with Crippen LogP contribution in [0.25, 0.3) is 0 Å². The highest BCUT2D eigenvalue weighted by atomic mass is 16.4. The molecule has 0 atom stereocenters. The molecule has 1 N–H and O–H groups in total. The average Bonchev–Trinajstić information content (AvgIpc) is 2.60. The van der Waals surface area contributed by atoms with E-state index in [9.17, 15) is 14.4 Å². The van der Waals surface area contributed by atoms with E-state index in [2.05, 4.69) is 4.98 Å². The third-order valence-electron chi connectivity index (χ3n) is 3.19. The van der Waals surface area contributed by atoms with Crippen molar-refractivity contribution in [2.24, 2.45) is 0 Å². The summed E-state index contributed by atoms with van der Waals surface area (Å²) in [4.78, 5) is 41.6. The standard InChI is InChI=1S/C13H15N3O4/c1-15-5-2-6-16(8-11(15)17)12(18)10-4-3-9(7-14-10)13(19)20/h3-4,7H,2,5-6,8H2,1H3,(H,19,20). The molecule has 7 heteroatoms. The second-order valence-electron chi connectivity index (χ2n) is 4.63. The molecule has 0 saturated carbocycles. The summed E-state index contributed by atoms with van der Waals surface area (Å²) in [5, 5.41) is 8.78. The van der Waals surface area contributed by atoms with Crippen LogP contribution in [-0.4, -0.2) is 64.4 Å². The van der Waals surface area contributed by atoms with Gasteiger partial charge in [-0.05, 0) is 18.6 Å². The number of amides is 2. The van der Waals surface area contributed by atoms with Crippen molar-refractivity contribution in [3.63, 3.8) is 0 Å². The van der Waals surface area contributed by atoms with Gasteiger partial charge in [0.1, 0.15) is 12.2 Å². The Morgan fingerprint density at radius 3 is 2.65 bits per heavy atom. The minimum Gasteiger partial charge on any atom is -0.478 e. The molecule has 1 saturated heterocycles. The van der Waals surface area contributed by atoms with Crippen molar-refractivity contribution in [2.45, 2.75) is 6.42 Å².